The normalized spacial score (nSPS) is 18.1. The van der Waals surface area contributed by atoms with E-state index in [0.29, 0.717) is 12.5 Å². The van der Waals surface area contributed by atoms with Crippen LogP contribution >= 0.6 is 12.4 Å². The molecular formula is C13H20ClN3O3. The van der Waals surface area contributed by atoms with Gasteiger partial charge in [0.25, 0.3) is 5.88 Å². The fraction of sp³-hybridized carbons (Fsp3) is 0.615. The fourth-order valence-electron chi connectivity index (χ4n) is 2.34. The van der Waals surface area contributed by atoms with Crippen LogP contribution in [-0.4, -0.2) is 29.6 Å². The van der Waals surface area contributed by atoms with Crippen LogP contribution in [-0.2, 0) is 0 Å². The maximum absolute atomic E-state index is 10.8. The summed E-state index contributed by atoms with van der Waals surface area (Å²) in [6.45, 7) is 2.67. The number of hydrogen-bond acceptors (Lipinski definition) is 5. The van der Waals surface area contributed by atoms with E-state index in [0.717, 1.165) is 25.9 Å². The zero-order valence-corrected chi connectivity index (χ0v) is 12.1. The Morgan fingerprint density at radius 1 is 1.55 bits per heavy atom. The van der Waals surface area contributed by atoms with Gasteiger partial charge in [0, 0.05) is 12.3 Å². The van der Waals surface area contributed by atoms with E-state index < -0.39 is 4.92 Å². The highest BCUT2D eigenvalue weighted by atomic mass is 35.5. The van der Waals surface area contributed by atoms with Gasteiger partial charge in [0.15, 0.2) is 0 Å². The number of nitro groups is 1. The van der Waals surface area contributed by atoms with Crippen LogP contribution in [0.4, 0.5) is 5.69 Å². The minimum atomic E-state index is -0.465. The highest BCUT2D eigenvalue weighted by Gasteiger charge is 2.16. The molecule has 0 bridgehead atoms. The monoisotopic (exact) mass is 301 g/mol. The fourth-order valence-corrected chi connectivity index (χ4v) is 2.34. The molecule has 6 nitrogen and oxygen atoms in total. The molecule has 0 aromatic carbocycles. The molecule has 1 atom stereocenters. The Morgan fingerprint density at radius 3 is 3.10 bits per heavy atom. The summed E-state index contributed by atoms with van der Waals surface area (Å²) in [5.41, 5.74) is -0.0677. The second-order valence-electron chi connectivity index (χ2n) is 4.79. The molecule has 112 valence electrons. The highest BCUT2D eigenvalue weighted by molar-refractivity contribution is 5.85. The summed E-state index contributed by atoms with van der Waals surface area (Å²) >= 11 is 0. The summed E-state index contributed by atoms with van der Waals surface area (Å²) in [7, 11) is 0. The predicted octanol–water partition coefficient (Wildman–Crippen LogP) is 2.57. The Balaban J connectivity index is 0.00000200. The van der Waals surface area contributed by atoms with Crippen LogP contribution in [0, 0.1) is 16.0 Å². The molecule has 1 aromatic rings. The van der Waals surface area contributed by atoms with Crippen LogP contribution in [0.1, 0.15) is 25.7 Å². The van der Waals surface area contributed by atoms with Gasteiger partial charge < -0.3 is 10.1 Å². The molecule has 1 N–H and O–H groups in total. The summed E-state index contributed by atoms with van der Waals surface area (Å²) in [5, 5.41) is 14.2. The maximum atomic E-state index is 10.8. The van der Waals surface area contributed by atoms with Crippen molar-refractivity contribution in [2.45, 2.75) is 25.7 Å². The van der Waals surface area contributed by atoms with Gasteiger partial charge in [-0.25, -0.2) is 4.98 Å². The molecular weight excluding hydrogens is 282 g/mol. The van der Waals surface area contributed by atoms with Crippen molar-refractivity contribution >= 4 is 18.1 Å². The van der Waals surface area contributed by atoms with Crippen LogP contribution < -0.4 is 10.1 Å². The first-order chi connectivity index (χ1) is 9.27. The Bertz CT molecular complexity index is 425. The van der Waals surface area contributed by atoms with E-state index in [2.05, 4.69) is 10.3 Å². The Morgan fingerprint density at radius 2 is 2.40 bits per heavy atom. The molecule has 1 fully saturated rings. The zero-order chi connectivity index (χ0) is 13.5. The van der Waals surface area contributed by atoms with Crippen LogP contribution in [0.25, 0.3) is 0 Å². The smallest absolute Gasteiger partial charge is 0.330 e. The van der Waals surface area contributed by atoms with Crippen molar-refractivity contribution in [1.29, 1.82) is 0 Å². The van der Waals surface area contributed by atoms with Crippen LogP contribution in [0.3, 0.4) is 0 Å². The summed E-state index contributed by atoms with van der Waals surface area (Å²) < 4.78 is 5.42. The van der Waals surface area contributed by atoms with E-state index in [1.165, 1.54) is 25.1 Å². The van der Waals surface area contributed by atoms with Crippen molar-refractivity contribution in [3.05, 3.63) is 28.4 Å². The number of nitrogens with one attached hydrogen (secondary N) is 1. The molecule has 2 rings (SSSR count). The van der Waals surface area contributed by atoms with Gasteiger partial charge in [-0.05, 0) is 50.8 Å². The number of piperidine rings is 1. The Hall–Kier alpha value is -1.40. The minimum Gasteiger partial charge on any atom is -0.473 e. The summed E-state index contributed by atoms with van der Waals surface area (Å²) in [6, 6.07) is 2.95. The maximum Gasteiger partial charge on any atom is 0.330 e. The molecule has 7 heteroatoms. The standard InChI is InChI=1S/C13H19N3O3.ClH/c17-16(18)12-6-2-8-15-13(12)19-9-3-5-11-4-1-7-14-10-11;/h2,6,8,11,14H,1,3-5,7,9-10H2;1H. The molecule has 0 radical (unpaired) electrons. The van der Waals surface area contributed by atoms with Crippen LogP contribution in [0.5, 0.6) is 5.88 Å². The quantitative estimate of drug-likeness (QED) is 0.496. The summed E-state index contributed by atoms with van der Waals surface area (Å²) in [6.07, 6.45) is 6.00. The molecule has 0 aliphatic carbocycles. The number of halogens is 1. The molecule has 2 heterocycles. The van der Waals surface area contributed by atoms with E-state index >= 15 is 0 Å². The third-order valence-corrected chi connectivity index (χ3v) is 3.34. The second kappa shape index (κ2) is 8.71. The van der Waals surface area contributed by atoms with Crippen molar-refractivity contribution in [3.8, 4) is 5.88 Å². The second-order valence-corrected chi connectivity index (χ2v) is 4.79. The van der Waals surface area contributed by atoms with Gasteiger partial charge in [0.05, 0.1) is 11.5 Å². The predicted molar refractivity (Wildman–Crippen MR) is 78.5 cm³/mol. The number of aromatic nitrogens is 1. The van der Waals surface area contributed by atoms with Crippen molar-refractivity contribution in [2.24, 2.45) is 5.92 Å². The average molecular weight is 302 g/mol. The lowest BCUT2D eigenvalue weighted by atomic mass is 9.95. The van der Waals surface area contributed by atoms with Gasteiger partial charge in [-0.3, -0.25) is 10.1 Å². The van der Waals surface area contributed by atoms with E-state index in [-0.39, 0.29) is 24.0 Å². The largest absolute Gasteiger partial charge is 0.473 e. The zero-order valence-electron chi connectivity index (χ0n) is 11.3. The van der Waals surface area contributed by atoms with Crippen molar-refractivity contribution in [2.75, 3.05) is 19.7 Å². The van der Waals surface area contributed by atoms with E-state index in [1.807, 2.05) is 0 Å². The molecule has 1 unspecified atom stereocenters. The molecule has 1 saturated heterocycles. The molecule has 1 aliphatic heterocycles. The number of pyridine rings is 1. The average Bonchev–Trinajstić information content (AvgIpc) is 2.45. The summed E-state index contributed by atoms with van der Waals surface area (Å²) in [4.78, 5) is 14.2. The van der Waals surface area contributed by atoms with Gasteiger partial charge in [0.1, 0.15) is 0 Å². The van der Waals surface area contributed by atoms with E-state index in [9.17, 15) is 10.1 Å². The van der Waals surface area contributed by atoms with Crippen molar-refractivity contribution in [3.63, 3.8) is 0 Å². The lowest BCUT2D eigenvalue weighted by Gasteiger charge is -2.22. The van der Waals surface area contributed by atoms with Gasteiger partial charge in [-0.15, -0.1) is 12.4 Å². The molecule has 1 aliphatic rings. The Kier molecular flexibility index (Phi) is 7.25. The topological polar surface area (TPSA) is 77.3 Å². The lowest BCUT2D eigenvalue weighted by Crippen LogP contribution is -2.29. The van der Waals surface area contributed by atoms with E-state index in [1.54, 1.807) is 6.07 Å². The number of nitrogens with zero attached hydrogens (tertiary/aromatic N) is 2. The molecule has 0 saturated carbocycles. The first-order valence-corrected chi connectivity index (χ1v) is 6.70. The first kappa shape index (κ1) is 16.7. The van der Waals surface area contributed by atoms with Gasteiger partial charge in [-0.1, -0.05) is 0 Å². The van der Waals surface area contributed by atoms with Crippen molar-refractivity contribution in [1.82, 2.24) is 10.3 Å². The van der Waals surface area contributed by atoms with Crippen LogP contribution in [0.2, 0.25) is 0 Å². The van der Waals surface area contributed by atoms with Crippen molar-refractivity contribution < 1.29 is 9.66 Å². The highest BCUT2D eigenvalue weighted by Crippen LogP contribution is 2.23. The number of rotatable bonds is 6. The van der Waals surface area contributed by atoms with Gasteiger partial charge in [-0.2, -0.15) is 0 Å². The Labute approximate surface area is 124 Å². The molecule has 20 heavy (non-hydrogen) atoms. The molecule has 0 spiro atoms. The van der Waals surface area contributed by atoms with Gasteiger partial charge >= 0.3 is 5.69 Å². The minimum absolute atomic E-state index is 0. The third-order valence-electron chi connectivity index (χ3n) is 3.34. The van der Waals surface area contributed by atoms with E-state index in [4.69, 9.17) is 4.74 Å². The molecule has 0 amide bonds. The lowest BCUT2D eigenvalue weighted by molar-refractivity contribution is -0.386. The number of hydrogen-bond donors (Lipinski definition) is 1. The first-order valence-electron chi connectivity index (χ1n) is 6.70. The number of ether oxygens (including phenoxy) is 1. The SMILES string of the molecule is Cl.O=[N+]([O-])c1cccnc1OCCCC1CCCNC1. The third kappa shape index (κ3) is 4.94. The van der Waals surface area contributed by atoms with Gasteiger partial charge in [0.2, 0.25) is 0 Å². The molecule has 1 aromatic heterocycles. The van der Waals surface area contributed by atoms with Crippen LogP contribution in [0.15, 0.2) is 18.3 Å². The summed E-state index contributed by atoms with van der Waals surface area (Å²) in [5.74, 6) is 0.824.